The molecule has 1 saturated heterocycles. The quantitative estimate of drug-likeness (QED) is 0.728. The predicted molar refractivity (Wildman–Crippen MR) is 85.6 cm³/mol. The number of rotatable bonds is 2. The van der Waals surface area contributed by atoms with Gasteiger partial charge in [0.25, 0.3) is 0 Å². The smallest absolute Gasteiger partial charge is 0.420 e. The fraction of sp³-hybridized carbons (Fsp3) is 0.167. The van der Waals surface area contributed by atoms with Crippen molar-refractivity contribution in [2.75, 3.05) is 0 Å². The summed E-state index contributed by atoms with van der Waals surface area (Å²) < 4.78 is 10.6. The number of benzene rings is 2. The zero-order valence-corrected chi connectivity index (χ0v) is 13.1. The summed E-state index contributed by atoms with van der Waals surface area (Å²) in [5.74, 6) is 0.506. The first-order valence-corrected chi connectivity index (χ1v) is 7.32. The molecule has 0 aromatic heterocycles. The Balaban J connectivity index is 2.24. The van der Waals surface area contributed by atoms with Crippen LogP contribution < -0.4 is 0 Å². The molecule has 2 aromatic carbocycles. The van der Waals surface area contributed by atoms with Crippen LogP contribution in [0.2, 0.25) is 5.02 Å². The van der Waals surface area contributed by atoms with E-state index in [1.165, 1.54) is 0 Å². The van der Waals surface area contributed by atoms with E-state index in [1.807, 2.05) is 68.4 Å². The van der Waals surface area contributed by atoms with Gasteiger partial charge in [-0.15, -0.1) is 0 Å². The molecule has 0 spiro atoms. The van der Waals surface area contributed by atoms with Gasteiger partial charge in [-0.2, -0.15) is 0 Å². The number of carbonyl (C=O) groups is 1. The molecule has 0 saturated carbocycles. The van der Waals surface area contributed by atoms with E-state index in [9.17, 15) is 4.79 Å². The molecule has 0 unspecified atom stereocenters. The molecule has 1 aliphatic heterocycles. The van der Waals surface area contributed by atoms with Crippen LogP contribution in [0.4, 0.5) is 4.79 Å². The summed E-state index contributed by atoms with van der Waals surface area (Å²) in [6, 6.07) is 17.2. The largest absolute Gasteiger partial charge is 0.514 e. The summed E-state index contributed by atoms with van der Waals surface area (Å²) in [5.41, 5.74) is 1.87. The molecule has 0 bridgehead atoms. The topological polar surface area (TPSA) is 35.5 Å². The van der Waals surface area contributed by atoms with Crippen LogP contribution in [-0.4, -0.2) is 11.8 Å². The van der Waals surface area contributed by atoms with Crippen molar-refractivity contribution in [2.24, 2.45) is 0 Å². The van der Waals surface area contributed by atoms with Crippen LogP contribution in [0.25, 0.3) is 5.57 Å². The summed E-state index contributed by atoms with van der Waals surface area (Å²) in [7, 11) is 0. The first-order valence-electron chi connectivity index (χ1n) is 6.94. The minimum absolute atomic E-state index is 0.506. The molecule has 4 heteroatoms. The van der Waals surface area contributed by atoms with E-state index in [2.05, 4.69) is 0 Å². The second kappa shape index (κ2) is 5.50. The Morgan fingerprint density at radius 2 is 1.55 bits per heavy atom. The summed E-state index contributed by atoms with van der Waals surface area (Å²) >= 11 is 5.98. The van der Waals surface area contributed by atoms with Gasteiger partial charge < -0.3 is 9.47 Å². The lowest BCUT2D eigenvalue weighted by Gasteiger charge is -2.19. The maximum atomic E-state index is 11.6. The molecule has 0 aliphatic carbocycles. The van der Waals surface area contributed by atoms with Crippen molar-refractivity contribution in [3.05, 3.63) is 76.5 Å². The Hall–Kier alpha value is -2.26. The van der Waals surface area contributed by atoms with Gasteiger partial charge in [0.2, 0.25) is 0 Å². The molecule has 3 nitrogen and oxygen atoms in total. The third-order valence-electron chi connectivity index (χ3n) is 3.49. The first kappa shape index (κ1) is 14.7. The minimum atomic E-state index is -0.818. The van der Waals surface area contributed by atoms with Gasteiger partial charge in [-0.1, -0.05) is 54.1 Å². The molecule has 1 fully saturated rings. The van der Waals surface area contributed by atoms with Gasteiger partial charge >= 0.3 is 6.16 Å². The van der Waals surface area contributed by atoms with Crippen LogP contribution in [-0.2, 0) is 9.47 Å². The lowest BCUT2D eigenvalue weighted by Crippen LogP contribution is -2.21. The minimum Gasteiger partial charge on any atom is -0.420 e. The van der Waals surface area contributed by atoms with E-state index in [1.54, 1.807) is 0 Å². The molecule has 0 N–H and O–H groups in total. The van der Waals surface area contributed by atoms with E-state index < -0.39 is 11.8 Å². The number of halogens is 1. The fourth-order valence-electron chi connectivity index (χ4n) is 2.48. The van der Waals surface area contributed by atoms with Crippen molar-refractivity contribution in [1.29, 1.82) is 0 Å². The van der Waals surface area contributed by atoms with Crippen LogP contribution in [0.15, 0.2) is 60.4 Å². The van der Waals surface area contributed by atoms with Gasteiger partial charge in [-0.25, -0.2) is 4.79 Å². The maximum Gasteiger partial charge on any atom is 0.514 e. The highest BCUT2D eigenvalue weighted by atomic mass is 35.5. The fourth-order valence-corrected chi connectivity index (χ4v) is 2.61. The summed E-state index contributed by atoms with van der Waals surface area (Å²) in [4.78, 5) is 11.6. The number of carbonyl (C=O) groups excluding carboxylic acids is 1. The van der Waals surface area contributed by atoms with Crippen molar-refractivity contribution >= 4 is 23.3 Å². The van der Waals surface area contributed by atoms with E-state index in [0.717, 1.165) is 16.7 Å². The van der Waals surface area contributed by atoms with E-state index in [-0.39, 0.29) is 0 Å². The lowest BCUT2D eigenvalue weighted by atomic mass is 9.91. The van der Waals surface area contributed by atoms with Crippen molar-refractivity contribution in [3.8, 4) is 0 Å². The molecular weight excluding hydrogens is 300 g/mol. The lowest BCUT2D eigenvalue weighted by molar-refractivity contribution is 0.0873. The molecule has 0 atom stereocenters. The van der Waals surface area contributed by atoms with Gasteiger partial charge in [0.15, 0.2) is 11.4 Å². The molecule has 22 heavy (non-hydrogen) atoms. The van der Waals surface area contributed by atoms with Gasteiger partial charge in [0, 0.05) is 10.6 Å². The Labute approximate surface area is 134 Å². The van der Waals surface area contributed by atoms with E-state index >= 15 is 0 Å². The van der Waals surface area contributed by atoms with Crippen LogP contribution in [0.5, 0.6) is 0 Å². The first-order chi connectivity index (χ1) is 10.5. The van der Waals surface area contributed by atoms with E-state index in [4.69, 9.17) is 21.1 Å². The zero-order chi connectivity index (χ0) is 15.7. The van der Waals surface area contributed by atoms with Gasteiger partial charge in [0.1, 0.15) is 0 Å². The molecule has 0 radical (unpaired) electrons. The molecular formula is C18H15ClO3. The van der Waals surface area contributed by atoms with Crippen molar-refractivity contribution < 1.29 is 14.3 Å². The van der Waals surface area contributed by atoms with Crippen LogP contribution in [0.3, 0.4) is 0 Å². The monoisotopic (exact) mass is 314 g/mol. The number of hydrogen-bond donors (Lipinski definition) is 0. The SMILES string of the molecule is CC1(C)OC(=O)O/C1=C(\c1ccccc1)c1ccc(Cl)cc1. The molecule has 2 aromatic rings. The van der Waals surface area contributed by atoms with Crippen LogP contribution in [0, 0.1) is 0 Å². The zero-order valence-electron chi connectivity index (χ0n) is 12.3. The van der Waals surface area contributed by atoms with Gasteiger partial charge in [-0.05, 0) is 37.1 Å². The summed E-state index contributed by atoms with van der Waals surface area (Å²) in [6.07, 6.45) is -0.678. The Morgan fingerprint density at radius 1 is 0.955 bits per heavy atom. The molecule has 0 amide bonds. The number of hydrogen-bond acceptors (Lipinski definition) is 3. The standard InChI is InChI=1S/C18H15ClO3/c1-18(2)16(21-17(20)22-18)15(12-6-4-3-5-7-12)13-8-10-14(19)11-9-13/h3-11H,1-2H3/b16-15+. The van der Waals surface area contributed by atoms with Gasteiger partial charge in [-0.3, -0.25) is 0 Å². The van der Waals surface area contributed by atoms with Crippen LogP contribution in [0.1, 0.15) is 25.0 Å². The highest BCUT2D eigenvalue weighted by molar-refractivity contribution is 6.30. The predicted octanol–water partition coefficient (Wildman–Crippen LogP) is 5.04. The third-order valence-corrected chi connectivity index (χ3v) is 3.75. The van der Waals surface area contributed by atoms with Gasteiger partial charge in [0.05, 0.1) is 0 Å². The Morgan fingerprint density at radius 3 is 2.09 bits per heavy atom. The normalized spacial score (nSPS) is 18.6. The van der Waals surface area contributed by atoms with Crippen molar-refractivity contribution in [3.63, 3.8) is 0 Å². The molecule has 1 aliphatic rings. The summed E-state index contributed by atoms with van der Waals surface area (Å²) in [6.45, 7) is 3.62. The van der Waals surface area contributed by atoms with E-state index in [0.29, 0.717) is 10.8 Å². The molecule has 112 valence electrons. The molecule has 3 rings (SSSR count). The average Bonchev–Trinajstić information content (AvgIpc) is 2.75. The second-order valence-corrected chi connectivity index (χ2v) is 5.98. The number of cyclic esters (lactones) is 2. The van der Waals surface area contributed by atoms with Crippen LogP contribution >= 0.6 is 11.6 Å². The third kappa shape index (κ3) is 2.72. The highest BCUT2D eigenvalue weighted by Crippen LogP contribution is 2.39. The second-order valence-electron chi connectivity index (χ2n) is 5.54. The van der Waals surface area contributed by atoms with Crippen molar-refractivity contribution in [2.45, 2.75) is 19.4 Å². The molecule has 1 heterocycles. The Kier molecular flexibility index (Phi) is 3.67. The average molecular weight is 315 g/mol. The maximum absolute atomic E-state index is 11.6. The van der Waals surface area contributed by atoms with Crippen molar-refractivity contribution in [1.82, 2.24) is 0 Å². The Bertz CT molecular complexity index is 731. The highest BCUT2D eigenvalue weighted by Gasteiger charge is 2.42. The summed E-state index contributed by atoms with van der Waals surface area (Å²) in [5, 5.41) is 0.653. The number of ether oxygens (including phenoxy) is 2.